The molecule has 0 fully saturated rings. The fourth-order valence-electron chi connectivity index (χ4n) is 1.52. The topological polar surface area (TPSA) is 112 Å². The maximum atomic E-state index is 12.4. The number of nitrogens with zero attached hydrogens (tertiary/aromatic N) is 2. The van der Waals surface area contributed by atoms with Crippen molar-refractivity contribution >= 4 is 11.8 Å². The molecule has 0 aromatic carbocycles. The number of ether oxygens (including phenoxy) is 1. The zero-order chi connectivity index (χ0) is 16.4. The monoisotopic (exact) mass is 294 g/mol. The Kier molecular flexibility index (Phi) is 8.59. The van der Waals surface area contributed by atoms with Crippen LogP contribution in [-0.2, 0) is 9.53 Å². The Balaban J connectivity index is 0.00000191. The van der Waals surface area contributed by atoms with Crippen LogP contribution in [0.3, 0.4) is 0 Å². The van der Waals surface area contributed by atoms with Crippen molar-refractivity contribution in [2.75, 3.05) is 20.7 Å². The number of hydrogen-bond acceptors (Lipinski definition) is 7. The van der Waals surface area contributed by atoms with Crippen molar-refractivity contribution in [1.82, 2.24) is 9.88 Å². The van der Waals surface area contributed by atoms with E-state index in [9.17, 15) is 9.59 Å². The molecule has 0 radical (unpaired) electrons. The van der Waals surface area contributed by atoms with Gasteiger partial charge < -0.3 is 9.64 Å². The number of ketones is 1. The van der Waals surface area contributed by atoms with Crippen LogP contribution in [0.25, 0.3) is 0 Å². The summed E-state index contributed by atoms with van der Waals surface area (Å²) < 4.78 is 4.90. The van der Waals surface area contributed by atoms with E-state index in [-0.39, 0.29) is 17.9 Å². The van der Waals surface area contributed by atoms with Crippen LogP contribution in [0, 0.1) is 6.92 Å². The van der Waals surface area contributed by atoms with E-state index in [2.05, 4.69) is 16.7 Å². The summed E-state index contributed by atoms with van der Waals surface area (Å²) in [5.74, 6) is 6.94. The van der Waals surface area contributed by atoms with Gasteiger partial charge in [-0.25, -0.2) is 4.79 Å². The normalized spacial score (nSPS) is 10.3. The van der Waals surface area contributed by atoms with Crippen molar-refractivity contribution in [3.63, 3.8) is 0 Å². The van der Waals surface area contributed by atoms with Crippen LogP contribution in [0.1, 0.15) is 23.0 Å². The fraction of sp³-hybridized carbons (Fsp3) is 0.357. The molecule has 0 saturated heterocycles. The molecule has 1 aromatic heterocycles. The molecule has 0 unspecified atom stereocenters. The SMILES string of the molecule is CCOC(=O)/C(=C\N(C)C)C(=O)c1ncccc1C.NN. The third-order valence-corrected chi connectivity index (χ3v) is 2.35. The molecular formula is C14H22N4O3. The van der Waals surface area contributed by atoms with Crippen LogP contribution >= 0.6 is 0 Å². The van der Waals surface area contributed by atoms with Gasteiger partial charge >= 0.3 is 5.97 Å². The highest BCUT2D eigenvalue weighted by molar-refractivity contribution is 6.23. The summed E-state index contributed by atoms with van der Waals surface area (Å²) in [4.78, 5) is 29.9. The summed E-state index contributed by atoms with van der Waals surface area (Å²) in [7, 11) is 3.47. The maximum Gasteiger partial charge on any atom is 0.343 e. The third kappa shape index (κ3) is 5.72. The van der Waals surface area contributed by atoms with Gasteiger partial charge in [-0.3, -0.25) is 21.5 Å². The van der Waals surface area contributed by atoms with Crippen molar-refractivity contribution in [3.05, 3.63) is 41.4 Å². The summed E-state index contributed by atoms with van der Waals surface area (Å²) in [5, 5.41) is 0. The fourth-order valence-corrected chi connectivity index (χ4v) is 1.52. The number of carbonyl (C=O) groups excluding carboxylic acids is 2. The van der Waals surface area contributed by atoms with Gasteiger partial charge in [-0.1, -0.05) is 6.07 Å². The van der Waals surface area contributed by atoms with Crippen LogP contribution in [0.2, 0.25) is 0 Å². The molecule has 1 aromatic rings. The molecule has 7 heteroatoms. The number of carbonyl (C=O) groups is 2. The molecule has 0 saturated carbocycles. The number of esters is 1. The van der Waals surface area contributed by atoms with E-state index in [0.717, 1.165) is 5.56 Å². The van der Waals surface area contributed by atoms with Gasteiger partial charge in [0.1, 0.15) is 11.3 Å². The number of rotatable bonds is 5. The Labute approximate surface area is 124 Å². The van der Waals surface area contributed by atoms with Crippen LogP contribution in [0.5, 0.6) is 0 Å². The summed E-state index contributed by atoms with van der Waals surface area (Å²) in [6.45, 7) is 3.69. The molecule has 0 bridgehead atoms. The average molecular weight is 294 g/mol. The highest BCUT2D eigenvalue weighted by atomic mass is 16.5. The molecule has 21 heavy (non-hydrogen) atoms. The average Bonchev–Trinajstić information content (AvgIpc) is 2.47. The van der Waals surface area contributed by atoms with Crippen LogP contribution in [0.4, 0.5) is 0 Å². The van der Waals surface area contributed by atoms with Gasteiger partial charge in [0.15, 0.2) is 0 Å². The summed E-state index contributed by atoms with van der Waals surface area (Å²) in [6, 6.07) is 3.52. The number of pyridine rings is 1. The first-order chi connectivity index (χ1) is 9.97. The van der Waals surface area contributed by atoms with Crippen molar-refractivity contribution < 1.29 is 14.3 Å². The minimum Gasteiger partial charge on any atom is -0.462 e. The van der Waals surface area contributed by atoms with Gasteiger partial charge in [0.2, 0.25) is 5.78 Å². The summed E-state index contributed by atoms with van der Waals surface area (Å²) in [6.07, 6.45) is 2.98. The molecular weight excluding hydrogens is 272 g/mol. The molecule has 0 aliphatic rings. The van der Waals surface area contributed by atoms with E-state index in [4.69, 9.17) is 4.74 Å². The Bertz CT molecular complexity index is 513. The first-order valence-electron chi connectivity index (χ1n) is 6.32. The largest absolute Gasteiger partial charge is 0.462 e. The summed E-state index contributed by atoms with van der Waals surface area (Å²) in [5.41, 5.74) is 0.971. The van der Waals surface area contributed by atoms with Gasteiger partial charge in [-0.15, -0.1) is 0 Å². The number of nitrogens with two attached hydrogens (primary N) is 2. The third-order valence-electron chi connectivity index (χ3n) is 2.35. The molecule has 0 spiro atoms. The lowest BCUT2D eigenvalue weighted by molar-refractivity contribution is -0.138. The highest BCUT2D eigenvalue weighted by Gasteiger charge is 2.23. The maximum absolute atomic E-state index is 12.4. The van der Waals surface area contributed by atoms with Crippen LogP contribution in [0.15, 0.2) is 30.1 Å². The van der Waals surface area contributed by atoms with Gasteiger partial charge in [-0.05, 0) is 25.5 Å². The summed E-state index contributed by atoms with van der Waals surface area (Å²) >= 11 is 0. The molecule has 0 atom stereocenters. The molecule has 0 aliphatic carbocycles. The van der Waals surface area contributed by atoms with Crippen molar-refractivity contribution in [2.45, 2.75) is 13.8 Å². The Hall–Kier alpha value is -2.25. The molecule has 1 heterocycles. The van der Waals surface area contributed by atoms with Gasteiger partial charge in [0, 0.05) is 26.5 Å². The van der Waals surface area contributed by atoms with E-state index in [0.29, 0.717) is 0 Å². The molecule has 0 amide bonds. The van der Waals surface area contributed by atoms with Crippen molar-refractivity contribution in [1.29, 1.82) is 0 Å². The minimum atomic E-state index is -0.633. The van der Waals surface area contributed by atoms with Gasteiger partial charge in [-0.2, -0.15) is 0 Å². The molecule has 116 valence electrons. The van der Waals surface area contributed by atoms with Gasteiger partial charge in [0.05, 0.1) is 6.61 Å². The number of aromatic nitrogens is 1. The van der Waals surface area contributed by atoms with Crippen molar-refractivity contribution in [3.8, 4) is 0 Å². The number of aryl methyl sites for hydroxylation is 1. The first kappa shape index (κ1) is 18.8. The highest BCUT2D eigenvalue weighted by Crippen LogP contribution is 2.12. The predicted octanol–water partition coefficient (Wildman–Crippen LogP) is 0.400. The number of hydrazine groups is 1. The Morgan fingerprint density at radius 3 is 2.48 bits per heavy atom. The molecule has 0 aliphatic heterocycles. The lowest BCUT2D eigenvalue weighted by Crippen LogP contribution is -2.20. The van der Waals surface area contributed by atoms with Crippen molar-refractivity contribution in [2.24, 2.45) is 11.7 Å². The molecule has 1 rings (SSSR count). The van der Waals surface area contributed by atoms with E-state index in [1.807, 2.05) is 0 Å². The molecule has 7 nitrogen and oxygen atoms in total. The van der Waals surface area contributed by atoms with Gasteiger partial charge in [0.25, 0.3) is 0 Å². The Morgan fingerprint density at radius 1 is 1.38 bits per heavy atom. The van der Waals surface area contributed by atoms with E-state index >= 15 is 0 Å². The Morgan fingerprint density at radius 2 is 2.00 bits per heavy atom. The first-order valence-corrected chi connectivity index (χ1v) is 6.32. The van der Waals surface area contributed by atoms with Crippen LogP contribution < -0.4 is 11.7 Å². The second-order valence-electron chi connectivity index (χ2n) is 4.22. The zero-order valence-electron chi connectivity index (χ0n) is 12.8. The quantitative estimate of drug-likeness (QED) is 0.154. The number of Topliss-reactive ketones (excluding diaryl/α,β-unsaturated/α-hetero) is 1. The molecule has 4 N–H and O–H groups in total. The van der Waals surface area contributed by atoms with Crippen LogP contribution in [-0.4, -0.2) is 42.3 Å². The van der Waals surface area contributed by atoms with E-state index in [1.165, 1.54) is 12.4 Å². The minimum absolute atomic E-state index is 0.0198. The second-order valence-corrected chi connectivity index (χ2v) is 4.22. The lowest BCUT2D eigenvalue weighted by atomic mass is 10.1. The van der Waals surface area contributed by atoms with E-state index < -0.39 is 11.8 Å². The smallest absolute Gasteiger partial charge is 0.343 e. The standard InChI is InChI=1S/C14H18N2O3.H4N2/c1-5-19-14(18)11(9-16(3)4)13(17)12-10(2)7-6-8-15-12;1-2/h6-9H,5H2,1-4H3;1-2H2/b11-9-;. The lowest BCUT2D eigenvalue weighted by Gasteiger charge is -2.11. The zero-order valence-corrected chi connectivity index (χ0v) is 12.8. The number of hydrogen-bond donors (Lipinski definition) is 2. The second kappa shape index (κ2) is 9.62. The van der Waals surface area contributed by atoms with E-state index in [1.54, 1.807) is 45.0 Å². The predicted molar refractivity (Wildman–Crippen MR) is 80.1 cm³/mol.